The Morgan fingerprint density at radius 2 is 1.77 bits per heavy atom. The fourth-order valence-electron chi connectivity index (χ4n) is 4.07. The summed E-state index contributed by atoms with van der Waals surface area (Å²) in [5.74, 6) is -0.885. The highest BCUT2D eigenvalue weighted by atomic mass is 16.7. The molecule has 39 heavy (non-hydrogen) atoms. The van der Waals surface area contributed by atoms with Crippen LogP contribution < -0.4 is 19.5 Å². The molecule has 1 N–H and O–H groups in total. The van der Waals surface area contributed by atoms with Crippen LogP contribution in [0, 0.1) is 5.92 Å². The Kier molecular flexibility index (Phi) is 13.1. The van der Waals surface area contributed by atoms with E-state index in [9.17, 15) is 14.4 Å². The summed E-state index contributed by atoms with van der Waals surface area (Å²) >= 11 is 0. The third kappa shape index (κ3) is 9.77. The normalized spacial score (nSPS) is 13.8. The van der Waals surface area contributed by atoms with Crippen LogP contribution in [0.2, 0.25) is 0 Å². The summed E-state index contributed by atoms with van der Waals surface area (Å²) < 4.78 is 27.6. The van der Waals surface area contributed by atoms with Gasteiger partial charge in [0.2, 0.25) is 6.79 Å². The zero-order valence-electron chi connectivity index (χ0n) is 23.6. The smallest absolute Gasteiger partial charge is 0.328 e. The highest BCUT2D eigenvalue weighted by Gasteiger charge is 2.32. The minimum Gasteiger partial charge on any atom is -0.493 e. The lowest BCUT2D eigenvalue weighted by molar-refractivity contribution is -0.155. The van der Waals surface area contributed by atoms with Crippen molar-refractivity contribution in [1.29, 1.82) is 0 Å². The number of methoxy groups -OCH3 is 1. The number of ether oxygens (including phenoxy) is 5. The Labute approximate surface area is 230 Å². The lowest BCUT2D eigenvalue weighted by Gasteiger charge is -2.32. The Hall–Kier alpha value is -3.82. The summed E-state index contributed by atoms with van der Waals surface area (Å²) in [6.45, 7) is 8.34. The lowest BCUT2D eigenvalue weighted by Crippen LogP contribution is -2.43. The van der Waals surface area contributed by atoms with Gasteiger partial charge >= 0.3 is 11.9 Å². The number of nitrogens with one attached hydrogen (secondary N) is 1. The van der Waals surface area contributed by atoms with Crippen LogP contribution >= 0.6 is 0 Å². The van der Waals surface area contributed by atoms with Crippen molar-refractivity contribution in [2.75, 3.05) is 13.9 Å². The zero-order valence-corrected chi connectivity index (χ0v) is 23.6. The van der Waals surface area contributed by atoms with Crippen molar-refractivity contribution in [2.45, 2.75) is 78.6 Å². The summed E-state index contributed by atoms with van der Waals surface area (Å²) in [6.07, 6.45) is 4.31. The quantitative estimate of drug-likeness (QED) is 0.237. The molecule has 10 nitrogen and oxygen atoms in total. The van der Waals surface area contributed by atoms with Gasteiger partial charge in [-0.05, 0) is 38.8 Å². The number of hydrogen-bond acceptors (Lipinski definition) is 9. The van der Waals surface area contributed by atoms with Gasteiger partial charge in [-0.3, -0.25) is 9.59 Å². The molecule has 1 aromatic carbocycles. The molecular weight excluding hydrogens is 504 g/mol. The van der Waals surface area contributed by atoms with E-state index in [1.807, 2.05) is 44.2 Å². The molecule has 0 aliphatic rings. The molecule has 10 heteroatoms. The standard InChI is InChI=1S/C29H40N2O8/c1-7-9-15-23(24(8-2)39-22-13-11-10-12-14-22)20(4)38-29(34)19(3)31-28(33)26-27(37-18-36-21(5)32)25(35-6)16-17-30-26/h10-14,16-17,19-20,23-24H,7-9,15,18H2,1-6H3,(H,31,33)/t19-,20-,23-,24+/m0/s1. The summed E-state index contributed by atoms with van der Waals surface area (Å²) in [4.78, 5) is 41.2. The van der Waals surface area contributed by atoms with E-state index in [1.54, 1.807) is 0 Å². The third-order valence-electron chi connectivity index (χ3n) is 6.18. The van der Waals surface area contributed by atoms with Gasteiger partial charge in [0, 0.05) is 25.1 Å². The second-order valence-corrected chi connectivity index (χ2v) is 9.11. The van der Waals surface area contributed by atoms with Gasteiger partial charge in [0.15, 0.2) is 17.2 Å². The number of nitrogens with zero attached hydrogens (tertiary/aromatic N) is 1. The van der Waals surface area contributed by atoms with E-state index < -0.39 is 36.8 Å². The molecule has 1 amide bonds. The van der Waals surface area contributed by atoms with Crippen LogP contribution in [0.5, 0.6) is 17.2 Å². The predicted molar refractivity (Wildman–Crippen MR) is 145 cm³/mol. The number of rotatable bonds is 16. The molecule has 0 radical (unpaired) electrons. The maximum Gasteiger partial charge on any atom is 0.328 e. The molecule has 2 aromatic rings. The lowest BCUT2D eigenvalue weighted by atomic mass is 9.89. The number of hydrogen-bond donors (Lipinski definition) is 1. The average molecular weight is 545 g/mol. The van der Waals surface area contributed by atoms with E-state index in [0.717, 1.165) is 31.4 Å². The minimum atomic E-state index is -0.976. The molecule has 1 aromatic heterocycles. The first-order chi connectivity index (χ1) is 18.7. The highest BCUT2D eigenvalue weighted by Crippen LogP contribution is 2.30. The first kappa shape index (κ1) is 31.4. The number of pyridine rings is 1. The van der Waals surface area contributed by atoms with Gasteiger partial charge in [0.05, 0.1) is 7.11 Å². The van der Waals surface area contributed by atoms with Crippen LogP contribution in [-0.2, 0) is 19.1 Å². The first-order valence-electron chi connectivity index (χ1n) is 13.2. The van der Waals surface area contributed by atoms with Gasteiger partial charge < -0.3 is 29.0 Å². The molecule has 4 atom stereocenters. The second kappa shape index (κ2) is 16.2. The Bertz CT molecular complexity index is 1060. The maximum absolute atomic E-state index is 13.0. The number of aromatic nitrogens is 1. The molecule has 2 rings (SSSR count). The molecule has 0 saturated carbocycles. The van der Waals surface area contributed by atoms with Crippen molar-refractivity contribution in [3.8, 4) is 17.2 Å². The highest BCUT2D eigenvalue weighted by molar-refractivity contribution is 5.98. The van der Waals surface area contributed by atoms with Crippen LogP contribution in [0.4, 0.5) is 0 Å². The molecule has 0 aliphatic carbocycles. The first-order valence-corrected chi connectivity index (χ1v) is 13.2. The zero-order chi connectivity index (χ0) is 28.8. The molecule has 0 fully saturated rings. The van der Waals surface area contributed by atoms with Crippen LogP contribution in [0.25, 0.3) is 0 Å². The van der Waals surface area contributed by atoms with Crippen LogP contribution in [0.15, 0.2) is 42.6 Å². The van der Waals surface area contributed by atoms with Crippen molar-refractivity contribution in [3.05, 3.63) is 48.3 Å². The summed E-state index contributed by atoms with van der Waals surface area (Å²) in [5.41, 5.74) is -0.127. The molecule has 0 unspecified atom stereocenters. The van der Waals surface area contributed by atoms with Crippen molar-refractivity contribution >= 4 is 17.8 Å². The van der Waals surface area contributed by atoms with Crippen molar-refractivity contribution in [2.24, 2.45) is 5.92 Å². The fourth-order valence-corrected chi connectivity index (χ4v) is 4.07. The van der Waals surface area contributed by atoms with Crippen molar-refractivity contribution in [1.82, 2.24) is 10.3 Å². The van der Waals surface area contributed by atoms with E-state index in [-0.39, 0.29) is 29.2 Å². The number of para-hydroxylation sites is 1. The molecule has 1 heterocycles. The second-order valence-electron chi connectivity index (χ2n) is 9.11. The number of unbranched alkanes of at least 4 members (excludes halogenated alkanes) is 1. The topological polar surface area (TPSA) is 122 Å². The monoisotopic (exact) mass is 544 g/mol. The molecule has 0 bridgehead atoms. The Balaban J connectivity index is 2.10. The fraction of sp³-hybridized carbons (Fsp3) is 0.517. The summed E-state index contributed by atoms with van der Waals surface area (Å²) in [7, 11) is 1.40. The predicted octanol–water partition coefficient (Wildman–Crippen LogP) is 4.70. The van der Waals surface area contributed by atoms with E-state index in [0.29, 0.717) is 0 Å². The van der Waals surface area contributed by atoms with Gasteiger partial charge in [-0.2, -0.15) is 0 Å². The molecule has 0 spiro atoms. The summed E-state index contributed by atoms with van der Waals surface area (Å²) in [5, 5.41) is 2.61. The summed E-state index contributed by atoms with van der Waals surface area (Å²) in [6, 6.07) is 10.1. The Morgan fingerprint density at radius 1 is 1.05 bits per heavy atom. The van der Waals surface area contributed by atoms with Gasteiger partial charge in [-0.15, -0.1) is 0 Å². The maximum atomic E-state index is 13.0. The minimum absolute atomic E-state index is 0.0174. The number of esters is 2. The van der Waals surface area contributed by atoms with Crippen molar-refractivity contribution < 1.29 is 38.1 Å². The molecule has 0 aliphatic heterocycles. The van der Waals surface area contributed by atoms with Gasteiger partial charge in [0.1, 0.15) is 24.0 Å². The molecule has 0 saturated heterocycles. The van der Waals surface area contributed by atoms with E-state index in [1.165, 1.54) is 33.2 Å². The van der Waals surface area contributed by atoms with Crippen LogP contribution in [-0.4, -0.2) is 55.0 Å². The van der Waals surface area contributed by atoms with E-state index in [2.05, 4.69) is 17.2 Å². The number of carbonyl (C=O) groups excluding carboxylic acids is 3. The van der Waals surface area contributed by atoms with Gasteiger partial charge in [-0.25, -0.2) is 9.78 Å². The number of carbonyl (C=O) groups is 3. The average Bonchev–Trinajstić information content (AvgIpc) is 2.92. The van der Waals surface area contributed by atoms with E-state index >= 15 is 0 Å². The number of amides is 1. The van der Waals surface area contributed by atoms with E-state index in [4.69, 9.17) is 23.7 Å². The van der Waals surface area contributed by atoms with Gasteiger partial charge in [-0.1, -0.05) is 44.9 Å². The van der Waals surface area contributed by atoms with Gasteiger partial charge in [0.25, 0.3) is 5.91 Å². The van der Waals surface area contributed by atoms with Crippen LogP contribution in [0.1, 0.15) is 70.8 Å². The molecule has 214 valence electrons. The molecular formula is C29H40N2O8. The largest absolute Gasteiger partial charge is 0.493 e. The number of benzene rings is 1. The third-order valence-corrected chi connectivity index (χ3v) is 6.18. The SMILES string of the molecule is CCCC[C@@H]([C@H](C)OC(=O)[C@H](C)NC(=O)c1nccc(OC)c1OCOC(C)=O)[C@@H](CC)Oc1ccccc1. The van der Waals surface area contributed by atoms with Crippen molar-refractivity contribution in [3.63, 3.8) is 0 Å². The van der Waals surface area contributed by atoms with Crippen LogP contribution in [0.3, 0.4) is 0 Å². The Morgan fingerprint density at radius 3 is 2.38 bits per heavy atom.